The lowest BCUT2D eigenvalue weighted by Crippen LogP contribution is -2.26. The number of guanidine groups is 1. The molecule has 88 valence electrons. The molecule has 2 N–H and O–H groups in total. The third kappa shape index (κ3) is 2.69. The fourth-order valence-corrected chi connectivity index (χ4v) is 1.59. The van der Waals surface area contributed by atoms with Crippen molar-refractivity contribution in [3.05, 3.63) is 18.2 Å². The van der Waals surface area contributed by atoms with Crippen molar-refractivity contribution in [1.82, 2.24) is 5.32 Å². The molecule has 1 aliphatic rings. The third-order valence-electron chi connectivity index (χ3n) is 2.35. The molecule has 5 nitrogen and oxygen atoms in total. The molecule has 0 radical (unpaired) electrons. The molecular weight excluding hydrogens is 214 g/mol. The summed E-state index contributed by atoms with van der Waals surface area (Å²) in [6.07, 6.45) is 1.74. The van der Waals surface area contributed by atoms with Crippen LogP contribution in [0.5, 0.6) is 0 Å². The van der Waals surface area contributed by atoms with E-state index in [1.807, 2.05) is 25.1 Å². The van der Waals surface area contributed by atoms with Gasteiger partial charge in [0.15, 0.2) is 5.96 Å². The van der Waals surface area contributed by atoms with Crippen molar-refractivity contribution >= 4 is 36.0 Å². The van der Waals surface area contributed by atoms with Gasteiger partial charge in [-0.25, -0.2) is 0 Å². The van der Waals surface area contributed by atoms with Gasteiger partial charge in [0.05, 0.1) is 17.9 Å². The predicted molar refractivity (Wildman–Crippen MR) is 73.4 cm³/mol. The Morgan fingerprint density at radius 2 is 2.35 bits per heavy atom. The maximum atomic E-state index is 4.26. The average molecular weight is 229 g/mol. The van der Waals surface area contributed by atoms with Gasteiger partial charge in [0.1, 0.15) is 0 Å². The van der Waals surface area contributed by atoms with Gasteiger partial charge in [-0.15, -0.1) is 0 Å². The van der Waals surface area contributed by atoms with E-state index < -0.39 is 0 Å². The van der Waals surface area contributed by atoms with Crippen molar-refractivity contribution in [2.45, 2.75) is 6.92 Å². The zero-order chi connectivity index (χ0) is 12.1. The number of hydrogen-bond acceptors (Lipinski definition) is 5. The molecule has 5 heteroatoms. The Bertz CT molecular complexity index is 476. The van der Waals surface area contributed by atoms with Gasteiger partial charge < -0.3 is 10.6 Å². The number of aliphatic imine (C=N–C) groups is 3. The van der Waals surface area contributed by atoms with Crippen molar-refractivity contribution in [2.75, 3.05) is 18.4 Å². The van der Waals surface area contributed by atoms with Gasteiger partial charge in [-0.3, -0.25) is 15.0 Å². The van der Waals surface area contributed by atoms with E-state index in [-0.39, 0.29) is 0 Å². The standard InChI is InChI=1S/C12H15N5/c1-3-14-10-5-4-9(8-11(10)13-2)17-12-15-6-7-16-12/h3-5,8H,2,6-7H2,1H3,(H2,15,16,17)/b14-3-. The summed E-state index contributed by atoms with van der Waals surface area (Å²) < 4.78 is 0. The Balaban J connectivity index is 2.21. The van der Waals surface area contributed by atoms with Gasteiger partial charge in [0.25, 0.3) is 0 Å². The average Bonchev–Trinajstić information content (AvgIpc) is 2.84. The Morgan fingerprint density at radius 3 is 3.00 bits per heavy atom. The Hall–Kier alpha value is -2.17. The third-order valence-corrected chi connectivity index (χ3v) is 2.35. The molecule has 0 spiro atoms. The van der Waals surface area contributed by atoms with Gasteiger partial charge >= 0.3 is 0 Å². The molecule has 0 unspecified atom stereocenters. The van der Waals surface area contributed by atoms with E-state index in [1.165, 1.54) is 0 Å². The lowest BCUT2D eigenvalue weighted by molar-refractivity contribution is 0.959. The van der Waals surface area contributed by atoms with Crippen molar-refractivity contribution < 1.29 is 0 Å². The Labute approximate surface area is 100 Å². The molecule has 1 heterocycles. The van der Waals surface area contributed by atoms with Crippen molar-refractivity contribution in [2.24, 2.45) is 15.0 Å². The van der Waals surface area contributed by atoms with Crippen LogP contribution >= 0.6 is 0 Å². The van der Waals surface area contributed by atoms with Crippen LogP contribution in [0.1, 0.15) is 6.92 Å². The zero-order valence-corrected chi connectivity index (χ0v) is 9.77. The summed E-state index contributed by atoms with van der Waals surface area (Å²) in [5.41, 5.74) is 2.50. The smallest absolute Gasteiger partial charge is 0.195 e. The van der Waals surface area contributed by atoms with Crippen LogP contribution in [0.2, 0.25) is 0 Å². The van der Waals surface area contributed by atoms with E-state index in [2.05, 4.69) is 32.3 Å². The number of anilines is 1. The largest absolute Gasteiger partial charge is 0.354 e. The minimum atomic E-state index is 0.756. The molecule has 0 aromatic heterocycles. The predicted octanol–water partition coefficient (Wildman–Crippen LogP) is 2.11. The van der Waals surface area contributed by atoms with Crippen molar-refractivity contribution in [3.8, 4) is 0 Å². The summed E-state index contributed by atoms with van der Waals surface area (Å²) in [6.45, 7) is 7.12. The SMILES string of the molecule is C=Nc1cc(NC2=NCCN2)ccc1/N=C\C. The first-order chi connectivity index (χ1) is 8.33. The van der Waals surface area contributed by atoms with Crippen LogP contribution in [0.3, 0.4) is 0 Å². The highest BCUT2D eigenvalue weighted by molar-refractivity contribution is 5.95. The summed E-state index contributed by atoms with van der Waals surface area (Å²) in [7, 11) is 0. The Morgan fingerprint density at radius 1 is 1.47 bits per heavy atom. The molecule has 0 aliphatic carbocycles. The fourth-order valence-electron chi connectivity index (χ4n) is 1.59. The highest BCUT2D eigenvalue weighted by Crippen LogP contribution is 2.30. The topological polar surface area (TPSA) is 61.1 Å². The number of nitrogens with zero attached hydrogens (tertiary/aromatic N) is 3. The van der Waals surface area contributed by atoms with Crippen LogP contribution in [-0.4, -0.2) is 32.0 Å². The first-order valence-corrected chi connectivity index (χ1v) is 5.48. The van der Waals surface area contributed by atoms with Gasteiger partial charge in [-0.2, -0.15) is 0 Å². The lowest BCUT2D eigenvalue weighted by atomic mass is 10.2. The first-order valence-electron chi connectivity index (χ1n) is 5.48. The first kappa shape index (κ1) is 11.3. The molecular formula is C12H15N5. The number of nitrogens with one attached hydrogen (secondary N) is 2. The highest BCUT2D eigenvalue weighted by Gasteiger charge is 2.06. The monoisotopic (exact) mass is 229 g/mol. The summed E-state index contributed by atoms with van der Waals surface area (Å²) in [4.78, 5) is 12.4. The van der Waals surface area contributed by atoms with Crippen LogP contribution in [-0.2, 0) is 0 Å². The van der Waals surface area contributed by atoms with Crippen LogP contribution < -0.4 is 10.6 Å². The lowest BCUT2D eigenvalue weighted by Gasteiger charge is -2.08. The van der Waals surface area contributed by atoms with E-state index >= 15 is 0 Å². The molecule has 17 heavy (non-hydrogen) atoms. The Kier molecular flexibility index (Phi) is 3.49. The maximum absolute atomic E-state index is 4.26. The maximum Gasteiger partial charge on any atom is 0.195 e. The van der Waals surface area contributed by atoms with Crippen LogP contribution in [0.15, 0.2) is 33.2 Å². The minimum Gasteiger partial charge on any atom is -0.354 e. The summed E-state index contributed by atoms with van der Waals surface area (Å²) in [6, 6.07) is 5.75. The van der Waals surface area contributed by atoms with E-state index in [9.17, 15) is 0 Å². The highest BCUT2D eigenvalue weighted by atomic mass is 15.2. The van der Waals surface area contributed by atoms with E-state index in [0.29, 0.717) is 0 Å². The quantitative estimate of drug-likeness (QED) is 0.780. The molecule has 0 fully saturated rings. The van der Waals surface area contributed by atoms with Crippen LogP contribution in [0.25, 0.3) is 0 Å². The second-order valence-corrected chi connectivity index (χ2v) is 3.53. The number of rotatable bonds is 3. The number of hydrogen-bond donors (Lipinski definition) is 2. The molecule has 0 atom stereocenters. The van der Waals surface area contributed by atoms with E-state index in [0.717, 1.165) is 36.1 Å². The summed E-state index contributed by atoms with van der Waals surface area (Å²) >= 11 is 0. The van der Waals surface area contributed by atoms with Gasteiger partial charge in [0, 0.05) is 18.4 Å². The van der Waals surface area contributed by atoms with Crippen molar-refractivity contribution in [1.29, 1.82) is 0 Å². The van der Waals surface area contributed by atoms with Gasteiger partial charge in [-0.05, 0) is 31.8 Å². The zero-order valence-electron chi connectivity index (χ0n) is 9.77. The second kappa shape index (κ2) is 5.25. The minimum absolute atomic E-state index is 0.756. The van der Waals surface area contributed by atoms with Crippen LogP contribution in [0.4, 0.5) is 17.1 Å². The van der Waals surface area contributed by atoms with E-state index in [1.54, 1.807) is 6.21 Å². The number of benzene rings is 1. The molecule has 0 amide bonds. The molecule has 2 rings (SSSR count). The van der Waals surface area contributed by atoms with Crippen LogP contribution in [0, 0.1) is 0 Å². The molecule has 1 aromatic rings. The second-order valence-electron chi connectivity index (χ2n) is 3.53. The van der Waals surface area contributed by atoms with E-state index in [4.69, 9.17) is 0 Å². The summed E-state index contributed by atoms with van der Waals surface area (Å²) in [5.74, 6) is 0.798. The molecule has 0 bridgehead atoms. The molecule has 1 aliphatic heterocycles. The fraction of sp³-hybridized carbons (Fsp3) is 0.250. The normalized spacial score (nSPS) is 14.5. The molecule has 0 saturated carbocycles. The molecule has 0 saturated heterocycles. The van der Waals surface area contributed by atoms with Gasteiger partial charge in [0.2, 0.25) is 0 Å². The van der Waals surface area contributed by atoms with Crippen molar-refractivity contribution in [3.63, 3.8) is 0 Å². The summed E-state index contributed by atoms with van der Waals surface area (Å²) in [5, 5.41) is 6.33. The van der Waals surface area contributed by atoms with Gasteiger partial charge in [-0.1, -0.05) is 0 Å². The molecule has 1 aromatic carbocycles.